The second kappa shape index (κ2) is 4.45. The molecule has 5 nitrogen and oxygen atoms in total. The summed E-state index contributed by atoms with van der Waals surface area (Å²) >= 11 is 0. The molecule has 0 unspecified atom stereocenters. The van der Waals surface area contributed by atoms with Crippen molar-refractivity contribution in [3.63, 3.8) is 0 Å². The van der Waals surface area contributed by atoms with Crippen molar-refractivity contribution in [2.24, 2.45) is 0 Å². The molecule has 1 aliphatic heterocycles. The summed E-state index contributed by atoms with van der Waals surface area (Å²) in [5.74, 6) is -0.219. The van der Waals surface area contributed by atoms with Gasteiger partial charge >= 0.3 is 0 Å². The van der Waals surface area contributed by atoms with Gasteiger partial charge < -0.3 is 15.5 Å². The minimum absolute atomic E-state index is 0.0425. The highest BCUT2D eigenvalue weighted by Gasteiger charge is 2.26. The molecule has 1 aliphatic rings. The van der Waals surface area contributed by atoms with Gasteiger partial charge in [-0.2, -0.15) is 0 Å². The zero-order valence-electron chi connectivity index (χ0n) is 9.72. The highest BCUT2D eigenvalue weighted by Crippen LogP contribution is 2.14. The summed E-state index contributed by atoms with van der Waals surface area (Å²) in [6.07, 6.45) is 0. The number of amides is 2. The van der Waals surface area contributed by atoms with Gasteiger partial charge in [0.2, 0.25) is 5.91 Å². The van der Waals surface area contributed by atoms with Crippen LogP contribution >= 0.6 is 0 Å². The van der Waals surface area contributed by atoms with Crippen molar-refractivity contribution >= 4 is 17.5 Å². The third kappa shape index (κ3) is 2.22. The molecule has 0 spiro atoms. The fourth-order valence-electron chi connectivity index (χ4n) is 1.79. The first-order valence-electron chi connectivity index (χ1n) is 5.47. The molecule has 0 radical (unpaired) electrons. The first-order chi connectivity index (χ1) is 8.09. The number of carbonyl (C=O) groups excluding carboxylic acids is 2. The van der Waals surface area contributed by atoms with Gasteiger partial charge in [-0.15, -0.1) is 0 Å². The summed E-state index contributed by atoms with van der Waals surface area (Å²) in [4.78, 5) is 26.8. The number of hydrogen-bond acceptors (Lipinski definition) is 3. The highest BCUT2D eigenvalue weighted by molar-refractivity contribution is 6.01. The summed E-state index contributed by atoms with van der Waals surface area (Å²) in [5.41, 5.74) is 6.66. The standard InChI is InChI=1S/C12H15N3O2/c1-14-6-7-15(8-11(14)16)12(17)9-4-2-3-5-10(9)13/h2-5H,6-8,13H2,1H3. The van der Waals surface area contributed by atoms with E-state index >= 15 is 0 Å². The maximum absolute atomic E-state index is 12.1. The van der Waals surface area contributed by atoms with Gasteiger partial charge in [-0.05, 0) is 12.1 Å². The molecule has 1 fully saturated rings. The minimum Gasteiger partial charge on any atom is -0.398 e. The number of hydrogen-bond donors (Lipinski definition) is 1. The van der Waals surface area contributed by atoms with Crippen molar-refractivity contribution < 1.29 is 9.59 Å². The van der Waals surface area contributed by atoms with E-state index in [1.54, 1.807) is 36.2 Å². The zero-order chi connectivity index (χ0) is 12.4. The second-order valence-corrected chi connectivity index (χ2v) is 4.13. The molecular weight excluding hydrogens is 218 g/mol. The first-order valence-corrected chi connectivity index (χ1v) is 5.47. The molecule has 1 heterocycles. The molecule has 0 bridgehead atoms. The summed E-state index contributed by atoms with van der Waals surface area (Å²) in [5, 5.41) is 0. The molecule has 5 heteroatoms. The predicted molar refractivity (Wildman–Crippen MR) is 64.4 cm³/mol. The van der Waals surface area contributed by atoms with E-state index in [9.17, 15) is 9.59 Å². The molecule has 0 aliphatic carbocycles. The van der Waals surface area contributed by atoms with Crippen LogP contribution in [-0.4, -0.2) is 48.3 Å². The Labute approximate surface area is 99.8 Å². The Hall–Kier alpha value is -2.04. The van der Waals surface area contributed by atoms with E-state index in [1.807, 2.05) is 0 Å². The Kier molecular flexibility index (Phi) is 2.99. The summed E-state index contributed by atoms with van der Waals surface area (Å²) in [7, 11) is 1.74. The Balaban J connectivity index is 2.16. The number of nitrogens with zero attached hydrogens (tertiary/aromatic N) is 2. The summed E-state index contributed by atoms with van der Waals surface area (Å²) in [6, 6.07) is 6.91. The lowest BCUT2D eigenvalue weighted by molar-refractivity contribution is -0.133. The van der Waals surface area contributed by atoms with E-state index in [1.165, 1.54) is 4.90 Å². The molecule has 90 valence electrons. The molecule has 1 aromatic carbocycles. The lowest BCUT2D eigenvalue weighted by atomic mass is 10.1. The maximum Gasteiger partial charge on any atom is 0.256 e. The van der Waals surface area contributed by atoms with Gasteiger partial charge in [-0.1, -0.05) is 12.1 Å². The van der Waals surface area contributed by atoms with Crippen LogP contribution in [0.15, 0.2) is 24.3 Å². The number of piperazine rings is 1. The van der Waals surface area contributed by atoms with Crippen LogP contribution in [0.2, 0.25) is 0 Å². The largest absolute Gasteiger partial charge is 0.398 e. The van der Waals surface area contributed by atoms with E-state index in [4.69, 9.17) is 5.73 Å². The van der Waals surface area contributed by atoms with Gasteiger partial charge in [-0.3, -0.25) is 9.59 Å². The van der Waals surface area contributed by atoms with Crippen LogP contribution in [0.4, 0.5) is 5.69 Å². The van der Waals surface area contributed by atoms with Crippen molar-refractivity contribution in [3.8, 4) is 0 Å². The molecule has 2 rings (SSSR count). The molecule has 2 N–H and O–H groups in total. The fourth-order valence-corrected chi connectivity index (χ4v) is 1.79. The van der Waals surface area contributed by atoms with Crippen LogP contribution in [0, 0.1) is 0 Å². The Bertz CT molecular complexity index is 459. The number of nitrogens with two attached hydrogens (primary N) is 1. The SMILES string of the molecule is CN1CCN(C(=O)c2ccccc2N)CC1=O. The maximum atomic E-state index is 12.1. The van der Waals surface area contributed by atoms with E-state index in [2.05, 4.69) is 0 Å². The smallest absolute Gasteiger partial charge is 0.256 e. The van der Waals surface area contributed by atoms with Gasteiger partial charge in [-0.25, -0.2) is 0 Å². The lowest BCUT2D eigenvalue weighted by Gasteiger charge is -2.32. The van der Waals surface area contributed by atoms with Gasteiger partial charge in [0.25, 0.3) is 5.91 Å². The fraction of sp³-hybridized carbons (Fsp3) is 0.333. The molecule has 1 aromatic rings. The van der Waals surface area contributed by atoms with Gasteiger partial charge in [0.05, 0.1) is 5.56 Å². The first kappa shape index (κ1) is 11.4. The van der Waals surface area contributed by atoms with Crippen LogP contribution in [-0.2, 0) is 4.79 Å². The Morgan fingerprint density at radius 2 is 2.00 bits per heavy atom. The third-order valence-electron chi connectivity index (χ3n) is 2.94. The molecule has 2 amide bonds. The van der Waals surface area contributed by atoms with Crippen molar-refractivity contribution in [1.29, 1.82) is 0 Å². The molecule has 1 saturated heterocycles. The van der Waals surface area contributed by atoms with E-state index in [0.717, 1.165) is 0 Å². The monoisotopic (exact) mass is 233 g/mol. The number of para-hydroxylation sites is 1. The minimum atomic E-state index is -0.176. The third-order valence-corrected chi connectivity index (χ3v) is 2.94. The van der Waals surface area contributed by atoms with Crippen LogP contribution < -0.4 is 5.73 Å². The quantitative estimate of drug-likeness (QED) is 0.704. The van der Waals surface area contributed by atoms with E-state index < -0.39 is 0 Å². The van der Waals surface area contributed by atoms with Crippen LogP contribution in [0.3, 0.4) is 0 Å². The number of rotatable bonds is 1. The molecule has 0 saturated carbocycles. The number of likely N-dealkylation sites (N-methyl/N-ethyl adjacent to an activating group) is 1. The number of benzene rings is 1. The molecule has 17 heavy (non-hydrogen) atoms. The van der Waals surface area contributed by atoms with Crippen molar-refractivity contribution in [2.75, 3.05) is 32.4 Å². The predicted octanol–water partition coefficient (Wildman–Crippen LogP) is 0.183. The van der Waals surface area contributed by atoms with E-state index in [-0.39, 0.29) is 18.4 Å². The van der Waals surface area contributed by atoms with Gasteiger partial charge in [0.15, 0.2) is 0 Å². The molecular formula is C12H15N3O2. The number of anilines is 1. The van der Waals surface area contributed by atoms with Crippen LogP contribution in [0.1, 0.15) is 10.4 Å². The van der Waals surface area contributed by atoms with Crippen molar-refractivity contribution in [2.45, 2.75) is 0 Å². The van der Waals surface area contributed by atoms with Crippen LogP contribution in [0.5, 0.6) is 0 Å². The van der Waals surface area contributed by atoms with Crippen LogP contribution in [0.25, 0.3) is 0 Å². The summed E-state index contributed by atoms with van der Waals surface area (Å²) in [6.45, 7) is 1.25. The molecule has 0 aromatic heterocycles. The summed E-state index contributed by atoms with van der Waals surface area (Å²) < 4.78 is 0. The average molecular weight is 233 g/mol. The number of nitrogen functional groups attached to an aromatic ring is 1. The topological polar surface area (TPSA) is 66.6 Å². The van der Waals surface area contributed by atoms with Crippen molar-refractivity contribution in [1.82, 2.24) is 9.80 Å². The van der Waals surface area contributed by atoms with Gasteiger partial charge in [0.1, 0.15) is 6.54 Å². The molecule has 0 atom stereocenters. The van der Waals surface area contributed by atoms with Gasteiger partial charge in [0, 0.05) is 25.8 Å². The van der Waals surface area contributed by atoms with Crippen molar-refractivity contribution in [3.05, 3.63) is 29.8 Å². The lowest BCUT2D eigenvalue weighted by Crippen LogP contribution is -2.50. The normalized spacial score (nSPS) is 16.2. The Morgan fingerprint density at radius 3 is 2.65 bits per heavy atom. The number of carbonyl (C=O) groups is 2. The highest BCUT2D eigenvalue weighted by atomic mass is 16.2. The van der Waals surface area contributed by atoms with E-state index in [0.29, 0.717) is 24.3 Å². The average Bonchev–Trinajstić information content (AvgIpc) is 2.32. The Morgan fingerprint density at radius 1 is 1.29 bits per heavy atom. The second-order valence-electron chi connectivity index (χ2n) is 4.13. The zero-order valence-corrected chi connectivity index (χ0v) is 9.72.